The smallest absolute Gasteiger partial charge is 0.240 e. The van der Waals surface area contributed by atoms with E-state index in [4.69, 9.17) is 4.98 Å². The maximum atomic E-state index is 12.8. The monoisotopic (exact) mass is 365 g/mol. The van der Waals surface area contributed by atoms with E-state index in [1.807, 2.05) is 0 Å². The second kappa shape index (κ2) is 6.94. The van der Waals surface area contributed by atoms with Crippen LogP contribution in [0.1, 0.15) is 62.1 Å². The molecule has 0 N–H and O–H groups in total. The fourth-order valence-electron chi connectivity index (χ4n) is 3.05. The second-order valence-corrected chi connectivity index (χ2v) is 8.07. The van der Waals surface area contributed by atoms with E-state index >= 15 is 0 Å². The molecule has 0 saturated heterocycles. The van der Waals surface area contributed by atoms with E-state index in [2.05, 4.69) is 26.8 Å². The summed E-state index contributed by atoms with van der Waals surface area (Å²) >= 11 is 1.60. The van der Waals surface area contributed by atoms with Crippen LogP contribution in [0.25, 0.3) is 16.1 Å². The number of hydrogen-bond acceptors (Lipinski definition) is 2. The first-order valence-electron chi connectivity index (χ1n) is 8.63. The number of benzene rings is 1. The topological polar surface area (TPSA) is 12.9 Å². The maximum absolute atomic E-state index is 12.8. The summed E-state index contributed by atoms with van der Waals surface area (Å²) in [5.74, 6) is 1.00. The molecule has 1 aliphatic carbocycles. The molecular weight excluding hydrogens is 343 g/mol. The van der Waals surface area contributed by atoms with E-state index < -0.39 is 11.7 Å². The van der Waals surface area contributed by atoms with Gasteiger partial charge in [0.1, 0.15) is 5.01 Å². The third-order valence-electron chi connectivity index (χ3n) is 4.62. The predicted octanol–water partition coefficient (Wildman–Crippen LogP) is 7.16. The maximum Gasteiger partial charge on any atom is 0.416 e. The third kappa shape index (κ3) is 3.97. The number of allylic oxidation sites excluding steroid dienone is 2. The fraction of sp³-hybridized carbons (Fsp3) is 0.450. The van der Waals surface area contributed by atoms with E-state index in [0.29, 0.717) is 5.92 Å². The van der Waals surface area contributed by atoms with Gasteiger partial charge < -0.3 is 0 Å². The molecule has 0 aliphatic heterocycles. The van der Waals surface area contributed by atoms with Crippen molar-refractivity contribution in [3.63, 3.8) is 0 Å². The number of halogens is 3. The summed E-state index contributed by atoms with van der Waals surface area (Å²) in [5, 5.41) is 0.798. The molecule has 0 radical (unpaired) electrons. The molecule has 1 nitrogen and oxygen atoms in total. The zero-order chi connectivity index (χ0) is 18.2. The first-order chi connectivity index (χ1) is 11.8. The minimum atomic E-state index is -4.31. The minimum absolute atomic E-state index is 0.287. The van der Waals surface area contributed by atoms with E-state index in [-0.39, 0.29) is 5.92 Å². The lowest BCUT2D eigenvalue weighted by Crippen LogP contribution is -2.03. The number of aromatic nitrogens is 1. The quantitative estimate of drug-likeness (QED) is 0.562. The van der Waals surface area contributed by atoms with E-state index in [9.17, 15) is 13.2 Å². The third-order valence-corrected chi connectivity index (χ3v) is 5.82. The largest absolute Gasteiger partial charge is 0.416 e. The highest BCUT2D eigenvalue weighted by Crippen LogP contribution is 2.40. The first kappa shape index (κ1) is 18.2. The lowest BCUT2D eigenvalue weighted by atomic mass is 9.89. The second-order valence-electron chi connectivity index (χ2n) is 7.07. The van der Waals surface area contributed by atoms with Gasteiger partial charge in [-0.3, -0.25) is 0 Å². The van der Waals surface area contributed by atoms with Crippen LogP contribution in [0, 0.1) is 5.92 Å². The normalized spacial score (nSPS) is 18.5. The van der Waals surface area contributed by atoms with Crippen LogP contribution in [-0.2, 0) is 6.18 Å². The van der Waals surface area contributed by atoms with Crippen molar-refractivity contribution < 1.29 is 13.2 Å². The first-order valence-corrected chi connectivity index (χ1v) is 9.45. The number of alkyl halides is 3. The summed E-state index contributed by atoms with van der Waals surface area (Å²) in [4.78, 5) is 5.97. The van der Waals surface area contributed by atoms with Crippen LogP contribution < -0.4 is 0 Å². The predicted molar refractivity (Wildman–Crippen MR) is 97.6 cm³/mol. The van der Waals surface area contributed by atoms with Crippen LogP contribution >= 0.6 is 11.3 Å². The molecule has 25 heavy (non-hydrogen) atoms. The molecule has 134 valence electrons. The Morgan fingerprint density at radius 2 is 1.84 bits per heavy atom. The molecule has 1 atom stereocenters. The van der Waals surface area contributed by atoms with Gasteiger partial charge in [-0.2, -0.15) is 13.2 Å². The number of thiazole rings is 1. The zero-order valence-electron chi connectivity index (χ0n) is 14.7. The van der Waals surface area contributed by atoms with Crippen LogP contribution in [0.2, 0.25) is 0 Å². The van der Waals surface area contributed by atoms with Gasteiger partial charge in [-0.05, 0) is 48.8 Å². The van der Waals surface area contributed by atoms with Gasteiger partial charge in [0.2, 0.25) is 0 Å². The molecule has 1 aliphatic rings. The van der Waals surface area contributed by atoms with Gasteiger partial charge in [0.05, 0.1) is 16.1 Å². The zero-order valence-corrected chi connectivity index (χ0v) is 15.5. The van der Waals surface area contributed by atoms with Crippen LogP contribution in [-0.4, -0.2) is 4.98 Å². The standard InChI is InChI=1S/C20H22F3NS/c1-12(2)17-18(14-6-4-13(3)5-7-14)25-19(24-17)15-8-10-16(11-9-15)20(21,22)23/h6,8-13H,4-5,7H2,1-3H3. The summed E-state index contributed by atoms with van der Waals surface area (Å²) < 4.78 is 38.3. The van der Waals surface area contributed by atoms with Gasteiger partial charge in [-0.15, -0.1) is 11.3 Å². The number of nitrogens with zero attached hydrogens (tertiary/aromatic N) is 1. The Hall–Kier alpha value is -1.62. The summed E-state index contributed by atoms with van der Waals surface area (Å²) in [5.41, 5.74) is 2.52. The molecule has 0 saturated carbocycles. The molecule has 0 spiro atoms. The Bertz CT molecular complexity index is 769. The summed E-state index contributed by atoms with van der Waals surface area (Å²) in [6, 6.07) is 5.31. The van der Waals surface area contributed by atoms with Gasteiger partial charge in [0.15, 0.2) is 0 Å². The molecule has 0 fully saturated rings. The summed E-state index contributed by atoms with van der Waals surface area (Å²) in [7, 11) is 0. The lowest BCUT2D eigenvalue weighted by molar-refractivity contribution is -0.137. The Kier molecular flexibility index (Phi) is 5.05. The molecular formula is C20H22F3NS. The molecule has 0 bridgehead atoms. The van der Waals surface area contributed by atoms with Crippen molar-refractivity contribution in [2.45, 2.75) is 52.1 Å². The highest BCUT2D eigenvalue weighted by Gasteiger charge is 2.30. The number of hydrogen-bond donors (Lipinski definition) is 0. The van der Waals surface area contributed by atoms with E-state index in [1.54, 1.807) is 11.3 Å². The molecule has 1 heterocycles. The molecule has 2 aromatic rings. The molecule has 5 heteroatoms. The van der Waals surface area contributed by atoms with E-state index in [0.717, 1.165) is 41.2 Å². The Morgan fingerprint density at radius 1 is 1.16 bits per heavy atom. The highest BCUT2D eigenvalue weighted by molar-refractivity contribution is 7.16. The Morgan fingerprint density at radius 3 is 2.36 bits per heavy atom. The van der Waals surface area contributed by atoms with Crippen LogP contribution in [0.15, 0.2) is 30.3 Å². The van der Waals surface area contributed by atoms with Gasteiger partial charge in [-0.25, -0.2) is 4.98 Å². The van der Waals surface area contributed by atoms with Crippen molar-refractivity contribution >= 4 is 16.9 Å². The summed E-state index contributed by atoms with van der Waals surface area (Å²) in [6.07, 6.45) is 1.32. The Balaban J connectivity index is 1.97. The average molecular weight is 365 g/mol. The minimum Gasteiger partial charge on any atom is -0.240 e. The van der Waals surface area contributed by atoms with Crippen molar-refractivity contribution in [1.29, 1.82) is 0 Å². The molecule has 1 aromatic carbocycles. The number of rotatable bonds is 3. The van der Waals surface area contributed by atoms with Crippen molar-refractivity contribution in [2.24, 2.45) is 5.92 Å². The van der Waals surface area contributed by atoms with Crippen LogP contribution in [0.3, 0.4) is 0 Å². The molecule has 1 unspecified atom stereocenters. The van der Waals surface area contributed by atoms with E-state index in [1.165, 1.54) is 29.0 Å². The lowest BCUT2D eigenvalue weighted by Gasteiger charge is -2.18. The fourth-order valence-corrected chi connectivity index (χ4v) is 4.34. The van der Waals surface area contributed by atoms with Gasteiger partial charge in [0.25, 0.3) is 0 Å². The van der Waals surface area contributed by atoms with Gasteiger partial charge >= 0.3 is 6.18 Å². The van der Waals surface area contributed by atoms with Crippen molar-refractivity contribution in [3.05, 3.63) is 46.5 Å². The highest BCUT2D eigenvalue weighted by atomic mass is 32.1. The average Bonchev–Trinajstić information content (AvgIpc) is 3.00. The van der Waals surface area contributed by atoms with Crippen LogP contribution in [0.5, 0.6) is 0 Å². The van der Waals surface area contributed by atoms with Crippen LogP contribution in [0.4, 0.5) is 13.2 Å². The summed E-state index contributed by atoms with van der Waals surface area (Å²) in [6.45, 7) is 6.49. The van der Waals surface area contributed by atoms with Crippen molar-refractivity contribution in [2.75, 3.05) is 0 Å². The van der Waals surface area contributed by atoms with Crippen molar-refractivity contribution in [1.82, 2.24) is 4.98 Å². The molecule has 3 rings (SSSR count). The van der Waals surface area contributed by atoms with Crippen molar-refractivity contribution in [3.8, 4) is 10.6 Å². The molecule has 0 amide bonds. The Labute approximate surface area is 150 Å². The SMILES string of the molecule is CC1CC=C(c2sc(-c3ccc(C(F)(F)F)cc3)nc2C(C)C)CC1. The molecule has 1 aromatic heterocycles. The van der Waals surface area contributed by atoms with Gasteiger partial charge in [-0.1, -0.05) is 39.0 Å². The van der Waals surface area contributed by atoms with Gasteiger partial charge in [0, 0.05) is 5.56 Å².